The molecule has 5 heteroatoms. The van der Waals surface area contributed by atoms with Crippen molar-refractivity contribution < 1.29 is 19.1 Å². The number of allylic oxidation sites excluding steroid dienone is 2. The summed E-state index contributed by atoms with van der Waals surface area (Å²) in [5.41, 5.74) is 0.732. The number of ether oxygens (including phenoxy) is 2. The smallest absolute Gasteiger partial charge is 0.224 e. The second-order valence-electron chi connectivity index (χ2n) is 10.1. The molecule has 0 spiro atoms. The van der Waals surface area contributed by atoms with E-state index in [1.54, 1.807) is 0 Å². The SMILES string of the molecule is CC1([C@H]2CCC3C4CC=C5NC(=O)CC[C@]5(C)C4C(=O)C[C@@]32C)OCCO1. The number of fused-ring (bicyclic) bond motifs is 5. The summed E-state index contributed by atoms with van der Waals surface area (Å²) in [6.07, 6.45) is 7.25. The van der Waals surface area contributed by atoms with E-state index in [0.29, 0.717) is 43.7 Å². The van der Waals surface area contributed by atoms with E-state index in [1.165, 1.54) is 0 Å². The maximum Gasteiger partial charge on any atom is 0.224 e. The second-order valence-corrected chi connectivity index (χ2v) is 10.1. The number of nitrogens with one attached hydrogen (secondary N) is 1. The van der Waals surface area contributed by atoms with Crippen molar-refractivity contribution >= 4 is 11.7 Å². The zero-order chi connectivity index (χ0) is 19.0. The topological polar surface area (TPSA) is 64.6 Å². The molecule has 148 valence electrons. The fraction of sp³-hybridized carbons (Fsp3) is 0.818. The van der Waals surface area contributed by atoms with E-state index in [0.717, 1.165) is 31.4 Å². The number of carbonyl (C=O) groups excluding carboxylic acids is 2. The molecule has 2 saturated heterocycles. The first kappa shape index (κ1) is 17.9. The molecule has 3 aliphatic carbocycles. The molecule has 2 saturated carbocycles. The average molecular weight is 373 g/mol. The van der Waals surface area contributed by atoms with Crippen LogP contribution < -0.4 is 5.32 Å². The predicted molar refractivity (Wildman–Crippen MR) is 99.4 cm³/mol. The standard InChI is InChI=1S/C22H31NO4/c1-20-9-8-18(25)23-17(20)7-4-13-14-5-6-16(22(3)26-10-11-27-22)21(14,2)12-15(24)19(13)20/h7,13-14,16,19H,4-6,8-12H2,1-3H3,(H,23,25)/t13?,14?,16-,19?,20-,21-/m0/s1. The molecular formula is C22H31NO4. The molecule has 5 rings (SSSR count). The number of hydrogen-bond acceptors (Lipinski definition) is 4. The number of rotatable bonds is 1. The first-order valence-electron chi connectivity index (χ1n) is 10.6. The number of Topliss-reactive ketones (excluding diaryl/α,β-unsaturated/α-hetero) is 1. The quantitative estimate of drug-likeness (QED) is 0.767. The average Bonchev–Trinajstić information content (AvgIpc) is 3.19. The van der Waals surface area contributed by atoms with Crippen LogP contribution in [0.3, 0.4) is 0 Å². The van der Waals surface area contributed by atoms with Gasteiger partial charge in [-0.3, -0.25) is 9.59 Å². The highest BCUT2D eigenvalue weighted by molar-refractivity contribution is 5.86. The molecule has 5 nitrogen and oxygen atoms in total. The monoisotopic (exact) mass is 373 g/mol. The van der Waals surface area contributed by atoms with Crippen LogP contribution >= 0.6 is 0 Å². The molecule has 27 heavy (non-hydrogen) atoms. The second kappa shape index (κ2) is 5.66. The lowest BCUT2D eigenvalue weighted by atomic mass is 9.48. The van der Waals surface area contributed by atoms with Crippen molar-refractivity contribution in [3.8, 4) is 0 Å². The van der Waals surface area contributed by atoms with E-state index < -0.39 is 5.79 Å². The number of amides is 1. The zero-order valence-corrected chi connectivity index (χ0v) is 16.7. The highest BCUT2D eigenvalue weighted by Crippen LogP contribution is 2.66. The minimum atomic E-state index is -0.547. The molecule has 6 atom stereocenters. The third-order valence-corrected chi connectivity index (χ3v) is 8.79. The molecule has 3 unspecified atom stereocenters. The van der Waals surface area contributed by atoms with Gasteiger partial charge >= 0.3 is 0 Å². The van der Waals surface area contributed by atoms with Gasteiger partial charge in [0.25, 0.3) is 0 Å². The van der Waals surface area contributed by atoms with Crippen molar-refractivity contribution in [2.24, 2.45) is 34.5 Å². The Morgan fingerprint density at radius 3 is 2.59 bits per heavy atom. The van der Waals surface area contributed by atoms with Crippen molar-refractivity contribution in [2.75, 3.05) is 13.2 Å². The van der Waals surface area contributed by atoms with Crippen molar-refractivity contribution in [3.63, 3.8) is 0 Å². The van der Waals surface area contributed by atoms with Crippen LogP contribution in [0.1, 0.15) is 59.3 Å². The fourth-order valence-electron chi connectivity index (χ4n) is 7.62. The first-order chi connectivity index (χ1) is 12.8. The Labute approximate surface area is 161 Å². The van der Waals surface area contributed by atoms with E-state index in [9.17, 15) is 9.59 Å². The van der Waals surface area contributed by atoms with Gasteiger partial charge in [-0.25, -0.2) is 0 Å². The van der Waals surface area contributed by atoms with E-state index in [2.05, 4.69) is 32.2 Å². The minimum Gasteiger partial charge on any atom is -0.348 e. The lowest BCUT2D eigenvalue weighted by Crippen LogP contribution is -2.58. The molecule has 2 heterocycles. The van der Waals surface area contributed by atoms with E-state index in [4.69, 9.17) is 9.47 Å². The Balaban J connectivity index is 1.51. The van der Waals surface area contributed by atoms with Crippen LogP contribution in [-0.2, 0) is 19.1 Å². The Morgan fingerprint density at radius 1 is 1.11 bits per heavy atom. The third-order valence-electron chi connectivity index (χ3n) is 8.79. The normalized spacial score (nSPS) is 48.3. The van der Waals surface area contributed by atoms with E-state index >= 15 is 0 Å². The highest BCUT2D eigenvalue weighted by Gasteiger charge is 2.65. The van der Waals surface area contributed by atoms with Gasteiger partial charge < -0.3 is 14.8 Å². The van der Waals surface area contributed by atoms with Gasteiger partial charge in [-0.2, -0.15) is 0 Å². The van der Waals surface area contributed by atoms with Crippen LogP contribution in [0.15, 0.2) is 11.8 Å². The summed E-state index contributed by atoms with van der Waals surface area (Å²) in [7, 11) is 0. The molecule has 5 aliphatic rings. The van der Waals surface area contributed by atoms with Crippen LogP contribution in [0, 0.1) is 34.5 Å². The van der Waals surface area contributed by atoms with Crippen LogP contribution in [-0.4, -0.2) is 30.7 Å². The highest BCUT2D eigenvalue weighted by atomic mass is 16.7. The number of piperidine rings is 1. The molecule has 4 fully saturated rings. The van der Waals surface area contributed by atoms with Crippen molar-refractivity contribution in [3.05, 3.63) is 11.8 Å². The van der Waals surface area contributed by atoms with Crippen LogP contribution in [0.25, 0.3) is 0 Å². The van der Waals surface area contributed by atoms with Crippen LogP contribution in [0.5, 0.6) is 0 Å². The summed E-state index contributed by atoms with van der Waals surface area (Å²) in [5, 5.41) is 3.07. The maximum atomic E-state index is 13.6. The minimum absolute atomic E-state index is 0.0353. The fourth-order valence-corrected chi connectivity index (χ4v) is 7.62. The molecule has 0 bridgehead atoms. The summed E-state index contributed by atoms with van der Waals surface area (Å²) in [6.45, 7) is 7.89. The molecule has 1 amide bonds. The van der Waals surface area contributed by atoms with Crippen LogP contribution in [0.4, 0.5) is 0 Å². The van der Waals surface area contributed by atoms with Crippen molar-refractivity contribution in [1.29, 1.82) is 0 Å². The molecule has 0 radical (unpaired) electrons. The summed E-state index contributed by atoms with van der Waals surface area (Å²) < 4.78 is 12.1. The van der Waals surface area contributed by atoms with Gasteiger partial charge in [-0.15, -0.1) is 0 Å². The Bertz CT molecular complexity index is 724. The number of carbonyl (C=O) groups is 2. The van der Waals surface area contributed by atoms with Gasteiger partial charge in [0.2, 0.25) is 5.91 Å². The molecule has 2 aliphatic heterocycles. The lowest BCUT2D eigenvalue weighted by Gasteiger charge is -2.57. The Morgan fingerprint density at radius 2 is 1.85 bits per heavy atom. The maximum absolute atomic E-state index is 13.6. The van der Waals surface area contributed by atoms with Gasteiger partial charge in [0.15, 0.2) is 5.79 Å². The van der Waals surface area contributed by atoms with Gasteiger partial charge in [0.05, 0.1) is 13.2 Å². The Hall–Kier alpha value is -1.20. The predicted octanol–water partition coefficient (Wildman–Crippen LogP) is 3.19. The summed E-state index contributed by atoms with van der Waals surface area (Å²) in [4.78, 5) is 25.5. The van der Waals surface area contributed by atoms with Crippen molar-refractivity contribution in [1.82, 2.24) is 5.32 Å². The molecule has 0 aromatic carbocycles. The molecule has 0 aromatic heterocycles. The summed E-state index contributed by atoms with van der Waals surface area (Å²) in [6, 6.07) is 0. The van der Waals surface area contributed by atoms with Crippen LogP contribution in [0.2, 0.25) is 0 Å². The lowest BCUT2D eigenvalue weighted by molar-refractivity contribution is -0.213. The number of hydrogen-bond donors (Lipinski definition) is 1. The van der Waals surface area contributed by atoms with Gasteiger partial charge in [0, 0.05) is 35.8 Å². The molecule has 1 N–H and O–H groups in total. The van der Waals surface area contributed by atoms with E-state index in [1.807, 2.05) is 0 Å². The Kier molecular flexibility index (Phi) is 3.75. The first-order valence-corrected chi connectivity index (χ1v) is 10.6. The van der Waals surface area contributed by atoms with Gasteiger partial charge in [0.1, 0.15) is 5.78 Å². The third kappa shape index (κ3) is 2.30. The van der Waals surface area contributed by atoms with E-state index in [-0.39, 0.29) is 28.6 Å². The van der Waals surface area contributed by atoms with Gasteiger partial charge in [-0.05, 0) is 49.9 Å². The van der Waals surface area contributed by atoms with Crippen molar-refractivity contribution in [2.45, 2.75) is 65.1 Å². The summed E-state index contributed by atoms with van der Waals surface area (Å²) >= 11 is 0. The summed E-state index contributed by atoms with van der Waals surface area (Å²) in [5.74, 6) is 1.12. The zero-order valence-electron chi connectivity index (χ0n) is 16.7. The number of ketones is 1. The largest absolute Gasteiger partial charge is 0.348 e. The molecular weight excluding hydrogens is 342 g/mol. The van der Waals surface area contributed by atoms with Gasteiger partial charge in [-0.1, -0.05) is 19.9 Å². The molecule has 0 aromatic rings.